The number of piperidine rings is 1. The summed E-state index contributed by atoms with van der Waals surface area (Å²) in [5, 5.41) is 4.08. The van der Waals surface area contributed by atoms with E-state index in [9.17, 15) is 0 Å². The number of hydrogen-bond acceptors (Lipinski definition) is 4. The third-order valence-corrected chi connectivity index (χ3v) is 6.56. The van der Waals surface area contributed by atoms with Gasteiger partial charge in [-0.15, -0.1) is 0 Å². The van der Waals surface area contributed by atoms with Crippen LogP contribution in [0.2, 0.25) is 5.02 Å². The first kappa shape index (κ1) is 18.9. The predicted octanol–water partition coefficient (Wildman–Crippen LogP) is 5.17. The molecule has 29 heavy (non-hydrogen) atoms. The summed E-state index contributed by atoms with van der Waals surface area (Å²) < 4.78 is 17.4. The summed E-state index contributed by atoms with van der Waals surface area (Å²) in [7, 11) is 0. The number of aryl methyl sites for hydroxylation is 1. The Hall–Kier alpha value is -2.05. The zero-order valence-corrected chi connectivity index (χ0v) is 17.7. The lowest BCUT2D eigenvalue weighted by atomic mass is 9.90. The summed E-state index contributed by atoms with van der Waals surface area (Å²) in [5.41, 5.74) is 2.74. The maximum Gasteiger partial charge on any atom is 0.151 e. The Morgan fingerprint density at radius 1 is 1.28 bits per heavy atom. The number of aromatic nitrogens is 4. The molecule has 2 aliphatic rings. The predicted molar refractivity (Wildman–Crippen MR) is 113 cm³/mol. The van der Waals surface area contributed by atoms with Gasteiger partial charge in [0.25, 0.3) is 0 Å². The Bertz CT molecular complexity index is 1100. The highest BCUT2D eigenvalue weighted by Gasteiger charge is 2.47. The van der Waals surface area contributed by atoms with Gasteiger partial charge in [0.05, 0.1) is 16.2 Å². The van der Waals surface area contributed by atoms with Gasteiger partial charge in [-0.05, 0) is 65.1 Å². The largest absolute Gasteiger partial charge is 0.325 e. The number of halogens is 2. The zero-order chi connectivity index (χ0) is 20.3. The first-order chi connectivity index (χ1) is 13.9. The smallest absolute Gasteiger partial charge is 0.151 e. The number of benzene rings is 1. The van der Waals surface area contributed by atoms with Gasteiger partial charge in [-0.3, -0.25) is 0 Å². The molecular formula is C22H25ClFN5. The summed E-state index contributed by atoms with van der Waals surface area (Å²) >= 11 is 6.33. The van der Waals surface area contributed by atoms with Gasteiger partial charge < -0.3 is 9.88 Å². The Balaban J connectivity index is 1.67. The third-order valence-electron chi connectivity index (χ3n) is 6.28. The Morgan fingerprint density at radius 2 is 2.07 bits per heavy atom. The van der Waals surface area contributed by atoms with Crippen LogP contribution >= 0.6 is 11.6 Å². The van der Waals surface area contributed by atoms with Crippen LogP contribution in [0.3, 0.4) is 0 Å². The van der Waals surface area contributed by atoms with Crippen LogP contribution in [-0.4, -0.2) is 31.6 Å². The van der Waals surface area contributed by atoms with Crippen molar-refractivity contribution in [1.82, 2.24) is 24.8 Å². The maximum atomic E-state index is 15.2. The molecule has 1 unspecified atom stereocenters. The number of imidazole rings is 1. The van der Waals surface area contributed by atoms with E-state index >= 15 is 4.39 Å². The molecule has 2 aromatic heterocycles. The molecule has 3 aromatic rings. The van der Waals surface area contributed by atoms with Gasteiger partial charge in [-0.2, -0.15) is 0 Å². The first-order valence-electron chi connectivity index (χ1n) is 10.3. The molecule has 3 heterocycles. The number of nitrogens with zero attached hydrogens (tertiary/aromatic N) is 4. The molecule has 0 bridgehead atoms. The molecule has 1 aromatic carbocycles. The molecule has 0 amide bonds. The second-order valence-electron chi connectivity index (χ2n) is 8.77. The molecule has 7 heteroatoms. The molecule has 5 rings (SSSR count). The summed E-state index contributed by atoms with van der Waals surface area (Å²) in [4.78, 5) is 13.4. The third kappa shape index (κ3) is 3.22. The molecular weight excluding hydrogens is 389 g/mol. The highest BCUT2D eigenvalue weighted by Crippen LogP contribution is 2.47. The molecule has 1 aliphatic carbocycles. The molecule has 1 N–H and O–H groups in total. The van der Waals surface area contributed by atoms with Crippen molar-refractivity contribution < 1.29 is 4.39 Å². The van der Waals surface area contributed by atoms with Crippen molar-refractivity contribution in [3.63, 3.8) is 0 Å². The SMILES string of the molecule is Cc1ncc(Cl)c(-c2cc(F)c3nc(C4CCNC5(CC5)C4)n(C(C)C)c3c2)n1. The minimum atomic E-state index is -0.333. The molecule has 2 fully saturated rings. The van der Waals surface area contributed by atoms with E-state index < -0.39 is 0 Å². The van der Waals surface area contributed by atoms with Crippen LogP contribution in [0.1, 0.15) is 63.1 Å². The van der Waals surface area contributed by atoms with Gasteiger partial charge in [0.1, 0.15) is 17.2 Å². The summed E-state index contributed by atoms with van der Waals surface area (Å²) in [6, 6.07) is 3.64. The van der Waals surface area contributed by atoms with Crippen LogP contribution in [0, 0.1) is 12.7 Å². The minimum Gasteiger partial charge on any atom is -0.325 e. The van der Waals surface area contributed by atoms with Crippen molar-refractivity contribution in [1.29, 1.82) is 0 Å². The van der Waals surface area contributed by atoms with Crippen molar-refractivity contribution in [2.45, 2.75) is 64.0 Å². The Morgan fingerprint density at radius 3 is 2.79 bits per heavy atom. The van der Waals surface area contributed by atoms with Crippen LogP contribution in [0.5, 0.6) is 0 Å². The second-order valence-corrected chi connectivity index (χ2v) is 9.18. The lowest BCUT2D eigenvalue weighted by Crippen LogP contribution is -2.39. The molecule has 152 valence electrons. The van der Waals surface area contributed by atoms with Gasteiger partial charge in [0, 0.05) is 29.3 Å². The lowest BCUT2D eigenvalue weighted by molar-refractivity contribution is 0.329. The minimum absolute atomic E-state index is 0.178. The Labute approximate surface area is 174 Å². The summed E-state index contributed by atoms with van der Waals surface area (Å²) in [6.07, 6.45) is 6.14. The molecule has 1 saturated heterocycles. The lowest BCUT2D eigenvalue weighted by Gasteiger charge is -2.31. The van der Waals surface area contributed by atoms with Crippen LogP contribution in [0.4, 0.5) is 4.39 Å². The first-order valence-corrected chi connectivity index (χ1v) is 10.7. The highest BCUT2D eigenvalue weighted by molar-refractivity contribution is 6.32. The van der Waals surface area contributed by atoms with Gasteiger partial charge in [-0.25, -0.2) is 19.3 Å². The second kappa shape index (κ2) is 6.74. The van der Waals surface area contributed by atoms with Gasteiger partial charge in [-0.1, -0.05) is 11.6 Å². The Kier molecular flexibility index (Phi) is 4.40. The van der Waals surface area contributed by atoms with Crippen molar-refractivity contribution in [2.75, 3.05) is 6.54 Å². The quantitative estimate of drug-likeness (QED) is 0.643. The maximum absolute atomic E-state index is 15.2. The van der Waals surface area contributed by atoms with Crippen molar-refractivity contribution in [2.24, 2.45) is 0 Å². The van der Waals surface area contributed by atoms with Crippen LogP contribution in [0.25, 0.3) is 22.3 Å². The van der Waals surface area contributed by atoms with Crippen molar-refractivity contribution in [3.05, 3.63) is 40.8 Å². The number of rotatable bonds is 3. The highest BCUT2D eigenvalue weighted by atomic mass is 35.5. The molecule has 5 nitrogen and oxygen atoms in total. The van der Waals surface area contributed by atoms with E-state index in [-0.39, 0.29) is 11.9 Å². The summed E-state index contributed by atoms with van der Waals surface area (Å²) in [6.45, 7) is 7.06. The van der Waals surface area contributed by atoms with E-state index in [2.05, 4.69) is 33.7 Å². The molecule has 1 atom stereocenters. The van der Waals surface area contributed by atoms with Crippen molar-refractivity contribution >= 4 is 22.6 Å². The van der Waals surface area contributed by atoms with E-state index in [1.807, 2.05) is 6.07 Å². The van der Waals surface area contributed by atoms with E-state index in [1.54, 1.807) is 13.1 Å². The van der Waals surface area contributed by atoms with E-state index in [0.29, 0.717) is 39.1 Å². The molecule has 1 saturated carbocycles. The average Bonchev–Trinajstić information content (AvgIpc) is 3.29. The van der Waals surface area contributed by atoms with Crippen LogP contribution in [-0.2, 0) is 0 Å². The van der Waals surface area contributed by atoms with E-state index in [4.69, 9.17) is 16.6 Å². The number of nitrogens with one attached hydrogen (secondary N) is 1. The number of fused-ring (bicyclic) bond motifs is 1. The van der Waals surface area contributed by atoms with Crippen LogP contribution < -0.4 is 5.32 Å². The van der Waals surface area contributed by atoms with Crippen LogP contribution in [0.15, 0.2) is 18.3 Å². The zero-order valence-electron chi connectivity index (χ0n) is 17.0. The standard InChI is InChI=1S/C22H25ClFN5/c1-12(2)29-18-9-15(19-16(23)11-25-13(3)27-19)8-17(24)20(18)28-21(29)14-4-7-26-22(10-14)5-6-22/h8-9,11-12,14,26H,4-7,10H2,1-3H3. The van der Waals surface area contributed by atoms with Crippen molar-refractivity contribution in [3.8, 4) is 11.3 Å². The normalized spacial score (nSPS) is 20.7. The monoisotopic (exact) mass is 413 g/mol. The van der Waals surface area contributed by atoms with E-state index in [0.717, 1.165) is 30.7 Å². The molecule has 1 spiro atoms. The van der Waals surface area contributed by atoms with Gasteiger partial charge in [0.15, 0.2) is 5.82 Å². The van der Waals surface area contributed by atoms with E-state index in [1.165, 1.54) is 18.9 Å². The molecule has 1 aliphatic heterocycles. The fraction of sp³-hybridized carbons (Fsp3) is 0.500. The number of hydrogen-bond donors (Lipinski definition) is 1. The fourth-order valence-electron chi connectivity index (χ4n) is 4.71. The average molecular weight is 414 g/mol. The van der Waals surface area contributed by atoms with Gasteiger partial charge in [0.2, 0.25) is 0 Å². The molecule has 0 radical (unpaired) electrons. The topological polar surface area (TPSA) is 55.6 Å². The summed E-state index contributed by atoms with van der Waals surface area (Å²) in [5.74, 6) is 1.62. The fourth-order valence-corrected chi connectivity index (χ4v) is 4.91. The van der Waals surface area contributed by atoms with Gasteiger partial charge >= 0.3 is 0 Å².